The van der Waals surface area contributed by atoms with Crippen molar-refractivity contribution in [3.8, 4) is 11.3 Å². The van der Waals surface area contributed by atoms with Gasteiger partial charge in [-0.25, -0.2) is 19.5 Å². The first-order chi connectivity index (χ1) is 9.25. The molecule has 0 aromatic carbocycles. The molecule has 3 rings (SSSR count). The van der Waals surface area contributed by atoms with Gasteiger partial charge in [-0.2, -0.15) is 4.21 Å². The molecule has 3 heterocycles. The Kier molecular flexibility index (Phi) is 3.71. The molecule has 8 heteroatoms. The summed E-state index contributed by atoms with van der Waals surface area (Å²) in [7, 11) is 0. The molecule has 0 spiro atoms. The average molecular weight is 274 g/mol. The first-order valence-corrected chi connectivity index (χ1v) is 5.63. The number of rotatable bonds is 1. The van der Waals surface area contributed by atoms with Crippen molar-refractivity contribution in [1.82, 2.24) is 24.6 Å². The molecule has 0 fully saturated rings. The zero-order valence-corrected chi connectivity index (χ0v) is 10.8. The number of hydrogen-bond donors (Lipinski definition) is 1. The van der Waals surface area contributed by atoms with Crippen molar-refractivity contribution in [1.29, 1.82) is 0 Å². The van der Waals surface area contributed by atoms with Crippen molar-refractivity contribution < 1.29 is 4.21 Å². The van der Waals surface area contributed by atoms with Crippen molar-refractivity contribution in [3.63, 3.8) is 0 Å². The minimum atomic E-state index is 0.418. The van der Waals surface area contributed by atoms with E-state index in [0.717, 1.165) is 17.0 Å². The molecular weight excluding hydrogens is 264 g/mol. The number of nitrogen functional groups attached to an aromatic ring is 1. The van der Waals surface area contributed by atoms with E-state index < -0.39 is 0 Å². The first-order valence-electron chi connectivity index (χ1n) is 5.30. The molecule has 7 nitrogen and oxygen atoms in total. The molecule has 0 unspecified atom stereocenters. The number of nitrogens with zero attached hydrogens (tertiary/aromatic N) is 5. The van der Waals surface area contributed by atoms with Crippen molar-refractivity contribution in [3.05, 3.63) is 36.5 Å². The molecular formula is C11H10N6OS. The van der Waals surface area contributed by atoms with Crippen LogP contribution in [0.25, 0.3) is 16.9 Å². The molecule has 3 aromatic heterocycles. The highest BCUT2D eigenvalue weighted by Crippen LogP contribution is 2.26. The molecule has 0 radical (unpaired) electrons. The van der Waals surface area contributed by atoms with E-state index in [0.29, 0.717) is 11.5 Å². The minimum Gasteiger partial charge on any atom is -0.382 e. The summed E-state index contributed by atoms with van der Waals surface area (Å²) in [4.78, 5) is 12.5. The van der Waals surface area contributed by atoms with Gasteiger partial charge in [-0.1, -0.05) is 0 Å². The Morgan fingerprint density at radius 2 is 2.05 bits per heavy atom. The van der Waals surface area contributed by atoms with E-state index >= 15 is 0 Å². The fourth-order valence-corrected chi connectivity index (χ4v) is 1.74. The van der Waals surface area contributed by atoms with Gasteiger partial charge >= 0.3 is 0 Å². The summed E-state index contributed by atoms with van der Waals surface area (Å²) < 4.78 is 9.47. The number of aryl methyl sites for hydroxylation is 1. The lowest BCUT2D eigenvalue weighted by atomic mass is 10.2. The Hall–Kier alpha value is -2.48. The van der Waals surface area contributed by atoms with Gasteiger partial charge in [0.1, 0.15) is 6.33 Å². The molecule has 0 saturated carbocycles. The van der Waals surface area contributed by atoms with Gasteiger partial charge in [-0.15, -0.1) is 5.10 Å². The van der Waals surface area contributed by atoms with E-state index in [1.807, 2.05) is 13.0 Å². The molecule has 3 aromatic rings. The van der Waals surface area contributed by atoms with E-state index in [1.54, 1.807) is 23.0 Å². The lowest BCUT2D eigenvalue weighted by Gasteiger charge is -1.99. The summed E-state index contributed by atoms with van der Waals surface area (Å²) in [6.07, 6.45) is 5.01. The SMILES string of the molecule is Cc1cc(-c2c(N)nn3cccnc23)ncn1.O=S. The third kappa shape index (κ3) is 2.38. The molecule has 0 bridgehead atoms. The van der Waals surface area contributed by atoms with Crippen molar-refractivity contribution in [2.75, 3.05) is 5.73 Å². The summed E-state index contributed by atoms with van der Waals surface area (Å²) in [5.41, 5.74) is 8.97. The van der Waals surface area contributed by atoms with Crippen LogP contribution in [-0.4, -0.2) is 28.8 Å². The van der Waals surface area contributed by atoms with E-state index in [4.69, 9.17) is 9.94 Å². The minimum absolute atomic E-state index is 0.418. The van der Waals surface area contributed by atoms with Gasteiger partial charge in [-0.3, -0.25) is 0 Å². The zero-order chi connectivity index (χ0) is 13.8. The van der Waals surface area contributed by atoms with Gasteiger partial charge in [0.05, 0.1) is 11.3 Å². The normalized spacial score (nSPS) is 9.95. The van der Waals surface area contributed by atoms with Crippen LogP contribution in [0, 0.1) is 6.92 Å². The maximum absolute atomic E-state index is 7.83. The van der Waals surface area contributed by atoms with E-state index in [-0.39, 0.29) is 0 Å². The second-order valence-corrected chi connectivity index (χ2v) is 3.69. The molecule has 0 aliphatic rings. The lowest BCUT2D eigenvalue weighted by Crippen LogP contribution is -1.92. The number of anilines is 1. The van der Waals surface area contributed by atoms with Crippen LogP contribution in [0.15, 0.2) is 30.9 Å². The van der Waals surface area contributed by atoms with Crippen molar-refractivity contribution in [2.24, 2.45) is 0 Å². The molecule has 0 atom stereocenters. The van der Waals surface area contributed by atoms with E-state index in [1.165, 1.54) is 6.33 Å². The van der Waals surface area contributed by atoms with Crippen LogP contribution < -0.4 is 5.73 Å². The van der Waals surface area contributed by atoms with Gasteiger partial charge in [0.15, 0.2) is 24.0 Å². The lowest BCUT2D eigenvalue weighted by molar-refractivity contribution is 0.702. The Morgan fingerprint density at radius 3 is 2.79 bits per heavy atom. The molecule has 19 heavy (non-hydrogen) atoms. The standard InChI is InChI=1S/C11H10N6.OS/c1-7-5-8(15-6-14-7)9-10(12)16-17-4-2-3-13-11(9)17;1-2/h2-6H,1H3,(H2,12,16);. The smallest absolute Gasteiger partial charge is 0.197 e. The summed E-state index contributed by atoms with van der Waals surface area (Å²) in [5, 5.41) is 4.19. The summed E-state index contributed by atoms with van der Waals surface area (Å²) in [5.74, 6) is 0.418. The molecule has 0 aliphatic heterocycles. The van der Waals surface area contributed by atoms with Gasteiger partial charge in [-0.05, 0) is 19.1 Å². The number of hydrogen-bond acceptors (Lipinski definition) is 7. The zero-order valence-electron chi connectivity index (χ0n) is 10.0. The third-order valence-electron chi connectivity index (χ3n) is 2.48. The summed E-state index contributed by atoms with van der Waals surface area (Å²) in [6, 6.07) is 3.66. The third-order valence-corrected chi connectivity index (χ3v) is 2.48. The van der Waals surface area contributed by atoms with E-state index in [9.17, 15) is 0 Å². The largest absolute Gasteiger partial charge is 0.382 e. The summed E-state index contributed by atoms with van der Waals surface area (Å²) in [6.45, 7) is 1.90. The van der Waals surface area contributed by atoms with Crippen LogP contribution in [0.1, 0.15) is 5.69 Å². The monoisotopic (exact) mass is 274 g/mol. The van der Waals surface area contributed by atoms with Gasteiger partial charge < -0.3 is 5.73 Å². The highest BCUT2D eigenvalue weighted by Gasteiger charge is 2.14. The number of aromatic nitrogens is 5. The van der Waals surface area contributed by atoms with Crippen LogP contribution in [-0.2, 0) is 12.5 Å². The molecule has 0 amide bonds. The second kappa shape index (κ2) is 5.44. The van der Waals surface area contributed by atoms with Crippen LogP contribution in [0.5, 0.6) is 0 Å². The molecule has 96 valence electrons. The fourth-order valence-electron chi connectivity index (χ4n) is 1.74. The first kappa shape index (κ1) is 13.0. The Balaban J connectivity index is 0.000000637. The van der Waals surface area contributed by atoms with Gasteiger partial charge in [0.2, 0.25) is 0 Å². The summed E-state index contributed by atoms with van der Waals surface area (Å²) >= 11 is 2.83. The Labute approximate surface area is 114 Å². The molecule has 0 aliphatic carbocycles. The fraction of sp³-hybridized carbons (Fsp3) is 0.0909. The van der Waals surface area contributed by atoms with Crippen LogP contribution in [0.3, 0.4) is 0 Å². The van der Waals surface area contributed by atoms with Crippen molar-refractivity contribution >= 4 is 24.0 Å². The van der Waals surface area contributed by atoms with Crippen LogP contribution >= 0.6 is 0 Å². The molecule has 2 N–H and O–H groups in total. The van der Waals surface area contributed by atoms with E-state index in [2.05, 4.69) is 32.6 Å². The highest BCUT2D eigenvalue weighted by atomic mass is 32.1. The number of nitrogens with two attached hydrogens (primary N) is 1. The predicted octanol–water partition coefficient (Wildman–Crippen LogP) is 0.741. The van der Waals surface area contributed by atoms with Crippen LogP contribution in [0.2, 0.25) is 0 Å². The average Bonchev–Trinajstić information content (AvgIpc) is 2.77. The maximum Gasteiger partial charge on any atom is 0.197 e. The Bertz CT molecular complexity index is 713. The van der Waals surface area contributed by atoms with Gasteiger partial charge in [0.25, 0.3) is 0 Å². The second-order valence-electron chi connectivity index (χ2n) is 3.69. The van der Waals surface area contributed by atoms with Crippen LogP contribution in [0.4, 0.5) is 5.82 Å². The topological polar surface area (TPSA) is 99.1 Å². The number of fused-ring (bicyclic) bond motifs is 1. The Morgan fingerprint density at radius 1 is 1.26 bits per heavy atom. The predicted molar refractivity (Wildman–Crippen MR) is 71.3 cm³/mol. The van der Waals surface area contributed by atoms with Gasteiger partial charge in [0, 0.05) is 18.1 Å². The molecule has 0 saturated heterocycles. The maximum atomic E-state index is 7.83. The van der Waals surface area contributed by atoms with Crippen molar-refractivity contribution in [2.45, 2.75) is 6.92 Å². The quantitative estimate of drug-likeness (QED) is 0.698. The highest BCUT2D eigenvalue weighted by molar-refractivity contribution is 7.44.